The maximum absolute atomic E-state index is 12.1. The smallest absolute Gasteiger partial charge is 0.406 e. The molecule has 0 saturated carbocycles. The molecule has 1 aliphatic heterocycles. The molecule has 106 valence electrons. The van der Waals surface area contributed by atoms with E-state index in [2.05, 4.69) is 10.1 Å². The molecule has 19 heavy (non-hydrogen) atoms. The Balaban J connectivity index is 0.00000133. The van der Waals surface area contributed by atoms with Crippen LogP contribution in [0.4, 0.5) is 13.2 Å². The monoisotopic (exact) mass is 295 g/mol. The fourth-order valence-electron chi connectivity index (χ4n) is 2.62. The number of ether oxygens (including phenoxy) is 2. The van der Waals surface area contributed by atoms with Crippen LogP contribution in [0, 0.1) is 0 Å². The quantitative estimate of drug-likeness (QED) is 0.864. The lowest BCUT2D eigenvalue weighted by Gasteiger charge is -2.27. The van der Waals surface area contributed by atoms with E-state index in [0.717, 1.165) is 17.7 Å². The Bertz CT molecular complexity index is 467. The van der Waals surface area contributed by atoms with E-state index in [4.69, 9.17) is 4.74 Å². The number of alkyl halides is 3. The Morgan fingerprint density at radius 3 is 2.84 bits per heavy atom. The molecule has 0 radical (unpaired) electrons. The molecule has 1 aromatic carbocycles. The number of halogens is 4. The highest BCUT2D eigenvalue weighted by Crippen LogP contribution is 2.37. The summed E-state index contributed by atoms with van der Waals surface area (Å²) in [6, 6.07) is 4.58. The van der Waals surface area contributed by atoms with Gasteiger partial charge in [-0.1, -0.05) is 6.07 Å². The number of hydrogen-bond donors (Lipinski definition) is 1. The lowest BCUT2D eigenvalue weighted by Crippen LogP contribution is -2.39. The normalized spacial score (nSPS) is 25.2. The second-order valence-electron chi connectivity index (χ2n) is 4.45. The number of morpholine rings is 1. The Morgan fingerprint density at radius 2 is 2.11 bits per heavy atom. The van der Waals surface area contributed by atoms with Crippen LogP contribution in [0.15, 0.2) is 18.2 Å². The fourth-order valence-corrected chi connectivity index (χ4v) is 2.62. The number of benzene rings is 1. The Kier molecular flexibility index (Phi) is 3.94. The standard InChI is InChI=1S/C12H12F3NO2.ClH/c13-12(14,15)18-8-1-2-9-7(5-8)6-10-11(9)16-3-4-17-10;/h1-2,5,10-11,16H,3-4,6H2;1H/t10-,11+;/m1./s1. The van der Waals surface area contributed by atoms with Gasteiger partial charge in [-0.05, 0) is 23.3 Å². The van der Waals surface area contributed by atoms with Crippen LogP contribution < -0.4 is 10.1 Å². The van der Waals surface area contributed by atoms with Crippen LogP contribution in [0.3, 0.4) is 0 Å². The summed E-state index contributed by atoms with van der Waals surface area (Å²) in [6.45, 7) is 1.41. The first-order valence-electron chi connectivity index (χ1n) is 5.76. The van der Waals surface area contributed by atoms with Crippen LogP contribution in [0.1, 0.15) is 17.2 Å². The molecule has 0 spiro atoms. The maximum Gasteiger partial charge on any atom is 0.573 e. The third-order valence-electron chi connectivity index (χ3n) is 3.27. The van der Waals surface area contributed by atoms with Crippen molar-refractivity contribution < 1.29 is 22.6 Å². The molecule has 1 saturated heterocycles. The van der Waals surface area contributed by atoms with Gasteiger partial charge in [0, 0.05) is 13.0 Å². The molecule has 7 heteroatoms. The Labute approximate surface area is 114 Å². The van der Waals surface area contributed by atoms with Crippen molar-refractivity contribution >= 4 is 12.4 Å². The molecule has 0 amide bonds. The molecular weight excluding hydrogens is 283 g/mol. The van der Waals surface area contributed by atoms with Gasteiger partial charge in [-0.2, -0.15) is 0 Å². The topological polar surface area (TPSA) is 30.5 Å². The van der Waals surface area contributed by atoms with Crippen molar-refractivity contribution in [1.82, 2.24) is 5.32 Å². The van der Waals surface area contributed by atoms with Gasteiger partial charge in [0.15, 0.2) is 0 Å². The molecule has 3 rings (SSSR count). The van der Waals surface area contributed by atoms with E-state index in [0.29, 0.717) is 13.0 Å². The molecule has 1 aromatic rings. The van der Waals surface area contributed by atoms with Gasteiger partial charge in [0.25, 0.3) is 0 Å². The summed E-state index contributed by atoms with van der Waals surface area (Å²) >= 11 is 0. The van der Waals surface area contributed by atoms with Crippen molar-refractivity contribution in [2.75, 3.05) is 13.2 Å². The molecule has 0 unspecified atom stereocenters. The van der Waals surface area contributed by atoms with Gasteiger partial charge in [-0.25, -0.2) is 0 Å². The Morgan fingerprint density at radius 1 is 1.32 bits per heavy atom. The van der Waals surface area contributed by atoms with Gasteiger partial charge < -0.3 is 14.8 Å². The van der Waals surface area contributed by atoms with E-state index in [1.165, 1.54) is 12.1 Å². The molecule has 1 aliphatic carbocycles. The minimum atomic E-state index is -4.64. The first-order valence-corrected chi connectivity index (χ1v) is 5.76. The highest BCUT2D eigenvalue weighted by molar-refractivity contribution is 5.85. The second-order valence-corrected chi connectivity index (χ2v) is 4.45. The molecule has 3 nitrogen and oxygen atoms in total. The van der Waals surface area contributed by atoms with E-state index in [-0.39, 0.29) is 30.3 Å². The lowest BCUT2D eigenvalue weighted by atomic mass is 10.1. The zero-order valence-corrected chi connectivity index (χ0v) is 10.7. The zero-order chi connectivity index (χ0) is 12.8. The number of rotatable bonds is 1. The second kappa shape index (κ2) is 5.19. The minimum absolute atomic E-state index is 0. The number of nitrogens with one attached hydrogen (secondary N) is 1. The summed E-state index contributed by atoms with van der Waals surface area (Å²) in [5, 5.41) is 3.32. The van der Waals surface area contributed by atoms with E-state index in [1.807, 2.05) is 0 Å². The van der Waals surface area contributed by atoms with Crippen molar-refractivity contribution in [3.05, 3.63) is 29.3 Å². The zero-order valence-electron chi connectivity index (χ0n) is 9.87. The average Bonchev–Trinajstić information content (AvgIpc) is 2.64. The largest absolute Gasteiger partial charge is 0.573 e. The predicted molar refractivity (Wildman–Crippen MR) is 64.6 cm³/mol. The molecule has 1 N–H and O–H groups in total. The van der Waals surface area contributed by atoms with Gasteiger partial charge >= 0.3 is 6.36 Å². The summed E-state index contributed by atoms with van der Waals surface area (Å²) in [4.78, 5) is 0. The third kappa shape index (κ3) is 2.96. The van der Waals surface area contributed by atoms with Gasteiger partial charge in [0.1, 0.15) is 5.75 Å². The van der Waals surface area contributed by atoms with Crippen LogP contribution in [-0.2, 0) is 11.2 Å². The molecular formula is C12H13ClF3NO2. The SMILES string of the molecule is Cl.FC(F)(F)Oc1ccc2c(c1)C[C@H]1OCCN[C@@H]21. The highest BCUT2D eigenvalue weighted by Gasteiger charge is 2.36. The molecule has 1 fully saturated rings. The minimum Gasteiger partial charge on any atom is -0.406 e. The summed E-state index contributed by atoms with van der Waals surface area (Å²) in [5.41, 5.74) is 1.87. The predicted octanol–water partition coefficient (Wildman–Crippen LogP) is 2.59. The average molecular weight is 296 g/mol. The molecule has 0 bridgehead atoms. The van der Waals surface area contributed by atoms with Crippen LogP contribution >= 0.6 is 12.4 Å². The van der Waals surface area contributed by atoms with Gasteiger partial charge in [-0.3, -0.25) is 0 Å². The molecule has 2 aliphatic rings. The summed E-state index contributed by atoms with van der Waals surface area (Å²) in [6.07, 6.45) is -3.99. The van der Waals surface area contributed by atoms with Gasteiger partial charge in [0.05, 0.1) is 18.8 Å². The van der Waals surface area contributed by atoms with E-state index in [1.54, 1.807) is 6.07 Å². The van der Waals surface area contributed by atoms with Crippen molar-refractivity contribution in [3.63, 3.8) is 0 Å². The van der Waals surface area contributed by atoms with Crippen molar-refractivity contribution in [2.45, 2.75) is 24.9 Å². The Hall–Kier alpha value is -0.980. The fraction of sp³-hybridized carbons (Fsp3) is 0.500. The number of hydrogen-bond acceptors (Lipinski definition) is 3. The van der Waals surface area contributed by atoms with Gasteiger partial charge in [-0.15, -0.1) is 25.6 Å². The van der Waals surface area contributed by atoms with Crippen LogP contribution in [0.5, 0.6) is 5.75 Å². The van der Waals surface area contributed by atoms with E-state index >= 15 is 0 Å². The third-order valence-corrected chi connectivity index (χ3v) is 3.27. The summed E-state index contributed by atoms with van der Waals surface area (Å²) in [5.74, 6) is -0.167. The van der Waals surface area contributed by atoms with Crippen molar-refractivity contribution in [3.8, 4) is 5.75 Å². The maximum atomic E-state index is 12.1. The van der Waals surface area contributed by atoms with E-state index in [9.17, 15) is 13.2 Å². The summed E-state index contributed by atoms with van der Waals surface area (Å²) in [7, 11) is 0. The molecule has 1 heterocycles. The van der Waals surface area contributed by atoms with Crippen molar-refractivity contribution in [1.29, 1.82) is 0 Å². The highest BCUT2D eigenvalue weighted by atomic mass is 35.5. The van der Waals surface area contributed by atoms with Gasteiger partial charge in [0.2, 0.25) is 0 Å². The van der Waals surface area contributed by atoms with Crippen LogP contribution in [0.25, 0.3) is 0 Å². The van der Waals surface area contributed by atoms with Crippen LogP contribution in [0.2, 0.25) is 0 Å². The van der Waals surface area contributed by atoms with Crippen molar-refractivity contribution in [2.24, 2.45) is 0 Å². The summed E-state index contributed by atoms with van der Waals surface area (Å²) < 4.78 is 45.9. The lowest BCUT2D eigenvalue weighted by molar-refractivity contribution is -0.274. The van der Waals surface area contributed by atoms with Crippen LogP contribution in [-0.4, -0.2) is 25.6 Å². The number of fused-ring (bicyclic) bond motifs is 3. The first-order chi connectivity index (χ1) is 8.53. The first kappa shape index (κ1) is 14.4. The molecule has 0 aromatic heterocycles. The van der Waals surface area contributed by atoms with E-state index < -0.39 is 6.36 Å². The molecule has 2 atom stereocenters.